The number of carbonyl (C=O) groups is 5. The Morgan fingerprint density at radius 3 is 2.49 bits per heavy atom. The van der Waals surface area contributed by atoms with Crippen molar-refractivity contribution in [1.82, 2.24) is 15.2 Å². The van der Waals surface area contributed by atoms with Gasteiger partial charge in [0.15, 0.2) is 5.78 Å². The van der Waals surface area contributed by atoms with Crippen LogP contribution in [0.5, 0.6) is 0 Å². The third-order valence-electron chi connectivity index (χ3n) is 6.14. The first-order valence-corrected chi connectivity index (χ1v) is 12.2. The minimum Gasteiger partial charge on any atom is -0.481 e. The molecule has 4 N–H and O–H groups in total. The molecule has 1 saturated heterocycles. The summed E-state index contributed by atoms with van der Waals surface area (Å²) in [6.07, 6.45) is 1.37. The lowest BCUT2D eigenvalue weighted by molar-refractivity contribution is -0.158. The molecule has 0 radical (unpaired) electrons. The number of para-hydroxylation sites is 1. The summed E-state index contributed by atoms with van der Waals surface area (Å²) in [5.41, 5.74) is 0.228. The molecule has 1 aromatic carbocycles. The van der Waals surface area contributed by atoms with E-state index in [9.17, 15) is 34.2 Å². The van der Waals surface area contributed by atoms with Crippen molar-refractivity contribution in [1.29, 1.82) is 0 Å². The highest BCUT2D eigenvalue weighted by molar-refractivity contribution is 6.09. The van der Waals surface area contributed by atoms with Gasteiger partial charge in [-0.1, -0.05) is 18.2 Å². The number of carboxylic acid groups (broad SMARTS) is 2. The SMILES string of the molecule is CC(C)(C)OC(=O)C(CC(=O)c1c[nH]c2ccccc12)N[C@@H](CCC(=O)O)C(=O)N1CCC[C@H]1C(=O)O. The van der Waals surface area contributed by atoms with Crippen LogP contribution in [0.2, 0.25) is 0 Å². The number of amides is 1. The molecule has 2 aromatic rings. The number of aromatic nitrogens is 1. The molecule has 1 unspecified atom stereocenters. The molecule has 11 heteroatoms. The summed E-state index contributed by atoms with van der Waals surface area (Å²) in [6, 6.07) is 3.68. The predicted molar refractivity (Wildman–Crippen MR) is 133 cm³/mol. The highest BCUT2D eigenvalue weighted by atomic mass is 16.6. The van der Waals surface area contributed by atoms with Gasteiger partial charge in [-0.3, -0.25) is 24.5 Å². The predicted octanol–water partition coefficient (Wildman–Crippen LogP) is 2.35. The fraction of sp³-hybridized carbons (Fsp3) is 0.500. The van der Waals surface area contributed by atoms with Crippen molar-refractivity contribution in [2.24, 2.45) is 0 Å². The van der Waals surface area contributed by atoms with Crippen LogP contribution >= 0.6 is 0 Å². The minimum absolute atomic E-state index is 0.197. The quantitative estimate of drug-likeness (QED) is 0.259. The van der Waals surface area contributed by atoms with Crippen molar-refractivity contribution >= 4 is 40.5 Å². The second kappa shape index (κ2) is 11.5. The van der Waals surface area contributed by atoms with E-state index in [1.807, 2.05) is 12.1 Å². The first-order valence-electron chi connectivity index (χ1n) is 12.2. The fourth-order valence-corrected chi connectivity index (χ4v) is 4.46. The van der Waals surface area contributed by atoms with Crippen molar-refractivity contribution in [3.8, 4) is 0 Å². The first kappa shape index (κ1) is 27.9. The van der Waals surface area contributed by atoms with Gasteiger partial charge in [-0.05, 0) is 46.1 Å². The second-order valence-corrected chi connectivity index (χ2v) is 10.1. The number of carbonyl (C=O) groups excluding carboxylic acids is 3. The maximum atomic E-state index is 13.4. The number of carboxylic acids is 2. The molecule has 1 amide bonds. The smallest absolute Gasteiger partial charge is 0.326 e. The van der Waals surface area contributed by atoms with Gasteiger partial charge in [0.1, 0.15) is 17.7 Å². The third-order valence-corrected chi connectivity index (χ3v) is 6.14. The normalized spacial score (nSPS) is 17.4. The second-order valence-electron chi connectivity index (χ2n) is 10.1. The largest absolute Gasteiger partial charge is 0.481 e. The van der Waals surface area contributed by atoms with Crippen LogP contribution in [-0.2, 0) is 23.9 Å². The highest BCUT2D eigenvalue weighted by Crippen LogP contribution is 2.23. The van der Waals surface area contributed by atoms with Crippen molar-refractivity contribution in [2.45, 2.75) is 76.6 Å². The van der Waals surface area contributed by atoms with E-state index in [4.69, 9.17) is 4.74 Å². The lowest BCUT2D eigenvalue weighted by Gasteiger charge is -2.30. The highest BCUT2D eigenvalue weighted by Gasteiger charge is 2.39. The Hall–Kier alpha value is -3.73. The molecule has 0 saturated carbocycles. The molecule has 1 fully saturated rings. The van der Waals surface area contributed by atoms with Crippen LogP contribution in [-0.4, -0.2) is 80.0 Å². The summed E-state index contributed by atoms with van der Waals surface area (Å²) in [4.78, 5) is 66.9. The summed E-state index contributed by atoms with van der Waals surface area (Å²) in [5, 5.41) is 22.3. The van der Waals surface area contributed by atoms with Crippen molar-refractivity contribution in [2.75, 3.05) is 6.54 Å². The van der Waals surface area contributed by atoms with Crippen LogP contribution in [0.4, 0.5) is 0 Å². The number of fused-ring (bicyclic) bond motifs is 1. The Morgan fingerprint density at radius 1 is 1.14 bits per heavy atom. The van der Waals surface area contributed by atoms with Gasteiger partial charge < -0.3 is 24.8 Å². The van der Waals surface area contributed by atoms with Crippen LogP contribution in [0.1, 0.15) is 63.2 Å². The number of H-pyrrole nitrogens is 1. The van der Waals surface area contributed by atoms with E-state index in [2.05, 4.69) is 10.3 Å². The van der Waals surface area contributed by atoms with E-state index < -0.39 is 54.0 Å². The van der Waals surface area contributed by atoms with Gasteiger partial charge in [0.2, 0.25) is 5.91 Å². The van der Waals surface area contributed by atoms with E-state index >= 15 is 0 Å². The van der Waals surface area contributed by atoms with Crippen molar-refractivity contribution < 1.29 is 38.9 Å². The van der Waals surface area contributed by atoms with Gasteiger partial charge >= 0.3 is 17.9 Å². The number of Topliss-reactive ketones (excluding diaryl/α,β-unsaturated/α-hetero) is 1. The fourth-order valence-electron chi connectivity index (χ4n) is 4.46. The molecule has 1 aliphatic heterocycles. The molecule has 0 aliphatic carbocycles. The van der Waals surface area contributed by atoms with Crippen LogP contribution in [0.3, 0.4) is 0 Å². The van der Waals surface area contributed by atoms with E-state index in [0.29, 0.717) is 17.4 Å². The van der Waals surface area contributed by atoms with E-state index in [-0.39, 0.29) is 31.6 Å². The molecule has 0 spiro atoms. The standard InChI is InChI=1S/C26H33N3O8/c1-26(2,3)37-25(36)19(13-21(30)16-14-27-17-8-5-4-7-15(16)17)28-18(10-11-22(31)32)23(33)29-12-6-9-20(29)24(34)35/h4-5,7-8,14,18-20,27-28H,6,9-13H2,1-3H3,(H,31,32)(H,34,35)/t18-,19?,20-/m0/s1. The van der Waals surface area contributed by atoms with Crippen molar-refractivity contribution in [3.63, 3.8) is 0 Å². The number of aliphatic carboxylic acids is 2. The number of hydrogen-bond donors (Lipinski definition) is 4. The number of nitrogens with one attached hydrogen (secondary N) is 2. The van der Waals surface area contributed by atoms with Crippen LogP contribution < -0.4 is 5.32 Å². The van der Waals surface area contributed by atoms with Gasteiger partial charge in [-0.15, -0.1) is 0 Å². The maximum absolute atomic E-state index is 13.4. The number of esters is 1. The Morgan fingerprint density at radius 2 is 1.84 bits per heavy atom. The number of ether oxygens (including phenoxy) is 1. The summed E-state index contributed by atoms with van der Waals surface area (Å²) in [7, 11) is 0. The average molecular weight is 516 g/mol. The summed E-state index contributed by atoms with van der Waals surface area (Å²) >= 11 is 0. The van der Waals surface area contributed by atoms with E-state index in [1.165, 1.54) is 4.90 Å². The van der Waals surface area contributed by atoms with Crippen LogP contribution in [0.25, 0.3) is 10.9 Å². The Balaban J connectivity index is 1.89. The number of benzene rings is 1. The molecule has 11 nitrogen and oxygen atoms in total. The summed E-state index contributed by atoms with van der Waals surface area (Å²) < 4.78 is 5.50. The number of likely N-dealkylation sites (tertiary alicyclic amines) is 1. The molecule has 200 valence electrons. The number of aromatic amines is 1. The first-order chi connectivity index (χ1) is 17.4. The molecular weight excluding hydrogens is 482 g/mol. The summed E-state index contributed by atoms with van der Waals surface area (Å²) in [6.45, 7) is 5.20. The minimum atomic E-state index is -1.27. The topological polar surface area (TPSA) is 166 Å². The Bertz CT molecular complexity index is 1180. The van der Waals surface area contributed by atoms with Gasteiger partial charge in [0, 0.05) is 42.0 Å². The zero-order chi connectivity index (χ0) is 27.3. The molecule has 2 heterocycles. The zero-order valence-electron chi connectivity index (χ0n) is 21.2. The van der Waals surface area contributed by atoms with E-state index in [1.54, 1.807) is 39.1 Å². The molecule has 37 heavy (non-hydrogen) atoms. The Labute approximate surface area is 214 Å². The molecule has 1 aromatic heterocycles. The number of hydrogen-bond acceptors (Lipinski definition) is 7. The number of ketones is 1. The maximum Gasteiger partial charge on any atom is 0.326 e. The lowest BCUT2D eigenvalue weighted by Crippen LogP contribution is -2.55. The third kappa shape index (κ3) is 7.16. The lowest BCUT2D eigenvalue weighted by atomic mass is 10.0. The molecular formula is C26H33N3O8. The zero-order valence-corrected chi connectivity index (χ0v) is 21.2. The molecule has 3 rings (SSSR count). The van der Waals surface area contributed by atoms with Gasteiger partial charge in [0.05, 0.1) is 6.04 Å². The Kier molecular flexibility index (Phi) is 8.69. The van der Waals surface area contributed by atoms with E-state index in [0.717, 1.165) is 5.52 Å². The number of rotatable bonds is 11. The average Bonchev–Trinajstić information content (AvgIpc) is 3.46. The molecule has 3 atom stereocenters. The van der Waals surface area contributed by atoms with Crippen LogP contribution in [0.15, 0.2) is 30.5 Å². The summed E-state index contributed by atoms with van der Waals surface area (Å²) in [5.74, 6) is -4.08. The van der Waals surface area contributed by atoms with Gasteiger partial charge in [-0.2, -0.15) is 0 Å². The van der Waals surface area contributed by atoms with Crippen LogP contribution in [0, 0.1) is 0 Å². The van der Waals surface area contributed by atoms with Gasteiger partial charge in [0.25, 0.3) is 0 Å². The number of nitrogens with zero attached hydrogens (tertiary/aromatic N) is 1. The monoisotopic (exact) mass is 515 g/mol. The molecule has 1 aliphatic rings. The van der Waals surface area contributed by atoms with Gasteiger partial charge in [-0.25, -0.2) is 4.79 Å². The van der Waals surface area contributed by atoms with Crippen molar-refractivity contribution in [3.05, 3.63) is 36.0 Å². The molecule has 0 bridgehead atoms.